The van der Waals surface area contributed by atoms with E-state index in [1.54, 1.807) is 86.6 Å². The van der Waals surface area contributed by atoms with Gasteiger partial charge in [-0.05, 0) is 106 Å². The molecule has 6 aromatic rings. The summed E-state index contributed by atoms with van der Waals surface area (Å²) in [5, 5.41) is 37.5. The molecule has 76 heavy (non-hydrogen) atoms. The molecule has 0 atom stereocenters. The van der Waals surface area contributed by atoms with Crippen LogP contribution in [0.25, 0.3) is 0 Å². The van der Waals surface area contributed by atoms with Crippen LogP contribution in [0.15, 0.2) is 179 Å². The molecule has 0 aliphatic carbocycles. The monoisotopic (exact) mass is 1070 g/mol. The van der Waals surface area contributed by atoms with Gasteiger partial charge in [-0.1, -0.05) is 118 Å². The molecule has 6 aromatic carbocycles. The zero-order valence-corrected chi connectivity index (χ0v) is 46.3. The Balaban J connectivity index is 0.00000112. The van der Waals surface area contributed by atoms with Gasteiger partial charge in [0.2, 0.25) is 0 Å². The maximum absolute atomic E-state index is 12.8. The van der Waals surface area contributed by atoms with Gasteiger partial charge in [-0.3, -0.25) is 24.0 Å². The van der Waals surface area contributed by atoms with E-state index in [-0.39, 0.29) is 108 Å². The fraction of sp³-hybridized carbons (Fsp3) is 0.237. The number of rotatable bonds is 18. The number of ether oxygens (including phenoxy) is 3. The number of nitrogens with zero attached hydrogens (tertiary/aromatic N) is 3. The maximum Gasteiger partial charge on any atom is 1.00 e. The van der Waals surface area contributed by atoms with Crippen LogP contribution in [0.4, 0.5) is 11.4 Å². The van der Waals surface area contributed by atoms with Crippen molar-refractivity contribution < 1.29 is 78.0 Å². The second-order valence-electron chi connectivity index (χ2n) is 17.2. The van der Waals surface area contributed by atoms with Gasteiger partial charge in [0, 0.05) is 36.1 Å². The van der Waals surface area contributed by atoms with E-state index in [0.29, 0.717) is 70.8 Å². The van der Waals surface area contributed by atoms with Crippen molar-refractivity contribution in [3.63, 3.8) is 0 Å². The fourth-order valence-electron chi connectivity index (χ4n) is 6.45. The van der Waals surface area contributed by atoms with Gasteiger partial charge >= 0.3 is 35.5 Å². The van der Waals surface area contributed by atoms with E-state index in [2.05, 4.69) is 23.4 Å². The second kappa shape index (κ2) is 34.8. The largest absolute Gasteiger partial charge is 1.00 e. The molecule has 0 saturated carbocycles. The van der Waals surface area contributed by atoms with Crippen molar-refractivity contribution in [2.75, 3.05) is 14.2 Å². The first kappa shape index (κ1) is 68.4. The molecule has 0 heterocycles. The molecule has 0 fully saturated rings. The molecule has 0 unspecified atom stereocenters. The molecule has 0 bridgehead atoms. The third-order valence-corrected chi connectivity index (χ3v) is 10.3. The molecule has 0 aliphatic heterocycles. The summed E-state index contributed by atoms with van der Waals surface area (Å²) in [7, 11) is 2.96. The fourth-order valence-corrected chi connectivity index (χ4v) is 6.45. The number of esters is 1. The van der Waals surface area contributed by atoms with E-state index >= 15 is 0 Å². The van der Waals surface area contributed by atoms with Gasteiger partial charge in [0.25, 0.3) is 0 Å². The topological polar surface area (TPSA) is 231 Å². The van der Waals surface area contributed by atoms with Crippen molar-refractivity contribution in [1.82, 2.24) is 0 Å². The summed E-state index contributed by atoms with van der Waals surface area (Å²) in [6.07, 6.45) is 2.47. The molecule has 2 N–H and O–H groups in total. The molecule has 6 rings (SSSR count). The minimum atomic E-state index is -0.458. The zero-order chi connectivity index (χ0) is 54.1. The van der Waals surface area contributed by atoms with E-state index in [0.717, 1.165) is 22.0 Å². The molecule has 0 radical (unpaired) electrons. The number of hydrogen-bond acceptors (Lipinski definition) is 15. The van der Waals surface area contributed by atoms with Crippen LogP contribution in [0.3, 0.4) is 0 Å². The first-order valence-electron chi connectivity index (χ1n) is 22.8. The summed E-state index contributed by atoms with van der Waals surface area (Å²) in [4.78, 5) is 67.8. The van der Waals surface area contributed by atoms with Crippen molar-refractivity contribution in [1.29, 1.82) is 0 Å². The summed E-state index contributed by atoms with van der Waals surface area (Å²) >= 11 is 0. The van der Waals surface area contributed by atoms with Crippen molar-refractivity contribution in [3.05, 3.63) is 213 Å². The number of allylic oxidation sites excluding steroid dienone is 2. The number of methoxy groups -OCH3 is 2. The van der Waals surface area contributed by atoms with Gasteiger partial charge in [-0.2, -0.15) is 5.11 Å². The van der Waals surface area contributed by atoms with Crippen LogP contribution in [0.5, 0.6) is 23.0 Å². The number of carbonyl (C=O) groups is 5. The Bertz CT molecular complexity index is 2890. The van der Waals surface area contributed by atoms with Crippen LogP contribution in [-0.2, 0) is 38.4 Å². The van der Waals surface area contributed by atoms with Gasteiger partial charge in [-0.25, -0.2) is 0 Å². The van der Waals surface area contributed by atoms with Crippen LogP contribution in [0, 0.1) is 10.1 Å². The third kappa shape index (κ3) is 23.8. The second-order valence-corrected chi connectivity index (χ2v) is 17.2. The van der Waals surface area contributed by atoms with E-state index in [1.807, 2.05) is 69.3 Å². The Labute approximate surface area is 473 Å². The summed E-state index contributed by atoms with van der Waals surface area (Å²) in [5.74, 6) is -0.0596. The average molecular weight is 1070 g/mol. The van der Waals surface area contributed by atoms with Crippen LogP contribution >= 0.6 is 12.4 Å². The number of halogens is 1. The molecule has 396 valence electrons. The van der Waals surface area contributed by atoms with Crippen molar-refractivity contribution in [2.24, 2.45) is 15.6 Å². The number of ketones is 4. The molecular formula is C59H65ClN3NaO12. The maximum atomic E-state index is 12.8. The number of aryl methyl sites for hydroxylation is 2. The normalized spacial score (nSPS) is 9.99. The Kier molecular flexibility index (Phi) is 31.4. The summed E-state index contributed by atoms with van der Waals surface area (Å²) in [5.41, 5.74) is 6.02. The van der Waals surface area contributed by atoms with Gasteiger partial charge in [0.1, 0.15) is 34.3 Å². The third-order valence-electron chi connectivity index (χ3n) is 10.3. The van der Waals surface area contributed by atoms with Crippen molar-refractivity contribution in [3.8, 4) is 23.0 Å². The Hall–Kier alpha value is -7.56. The smallest absolute Gasteiger partial charge is 0.507 e. The molecule has 15 nitrogen and oxygen atoms in total. The van der Waals surface area contributed by atoms with Gasteiger partial charge in [0.15, 0.2) is 23.1 Å². The predicted octanol–water partition coefficient (Wildman–Crippen LogP) is 10.7. The van der Waals surface area contributed by atoms with E-state index in [4.69, 9.17) is 24.3 Å². The molecule has 0 saturated heterocycles. The van der Waals surface area contributed by atoms with Crippen molar-refractivity contribution in [2.45, 2.75) is 79.8 Å². The molecule has 0 aromatic heterocycles. The SMILES string of the molecule is C.C=C(C)C(=O)CCc1ccc(CC(=O)OC(C)(C)C)cc1.C=C(C)C(=O)CCc1ccc(N=Nc2cc(C(=O)c3ccccc3)c(O)cc2OC)cc1.COc1ccc(C(=O)c2ccccc2)c(O)c1.Cl.O=N[O-].[Na+]. The average Bonchev–Trinajstić information content (AvgIpc) is 3.37. The first-order chi connectivity index (χ1) is 34.7. The molecule has 17 heteroatoms. The number of aromatic hydroxyl groups is 2. The molecule has 0 amide bonds. The number of azo groups is 1. The standard InChI is InChI=1S/C26H24N2O4.C18H24O3.C14H12O3.CH4.ClH.HNO2.Na/c1-17(2)23(29)14-11-18-9-12-20(13-10-18)27-28-22-15-21(24(30)16-25(22)32-3)26(31)19-7-5-4-6-8-19;1-13(2)16(19)11-10-14-6-8-15(9-7-14)12-17(20)21-18(3,4)5;1-17-11-7-8-12(13(15)9-11)14(16)10-5-3-2-4-6-10;;;2-1-3;/h4-10,12-13,15-16,30H,1,11,14H2,2-3H3;6-9H,1,10-12H2,2-5H3;2-9,15H,1H3;1H4;1H;(H,2,3);/q;;;;;;+1/p-1. The van der Waals surface area contributed by atoms with E-state index in [1.165, 1.54) is 32.4 Å². The van der Waals surface area contributed by atoms with Crippen LogP contribution in [-0.4, -0.2) is 59.1 Å². The quantitative estimate of drug-likeness (QED) is 0.0156. The van der Waals surface area contributed by atoms with Gasteiger partial charge in [-0.15, -0.1) is 22.9 Å². The van der Waals surface area contributed by atoms with E-state index < -0.39 is 5.60 Å². The number of hydrogen-bond donors (Lipinski definition) is 2. The molecule has 0 spiro atoms. The number of phenols is 2. The Morgan fingerprint density at radius 3 is 1.46 bits per heavy atom. The number of carbonyl (C=O) groups excluding carboxylic acids is 5. The van der Waals surface area contributed by atoms with Gasteiger partial charge < -0.3 is 34.5 Å². The number of Topliss-reactive ketones (excluding diaryl/α,β-unsaturated/α-hetero) is 2. The predicted molar refractivity (Wildman–Crippen MR) is 295 cm³/mol. The summed E-state index contributed by atoms with van der Waals surface area (Å²) in [6.45, 7) is 16.3. The van der Waals surface area contributed by atoms with Crippen LogP contribution < -0.4 is 39.0 Å². The van der Waals surface area contributed by atoms with Gasteiger partial charge in [0.05, 0.1) is 37.5 Å². The van der Waals surface area contributed by atoms with Crippen LogP contribution in [0.1, 0.15) is 103 Å². The van der Waals surface area contributed by atoms with E-state index in [9.17, 15) is 34.2 Å². The number of benzene rings is 6. The Morgan fingerprint density at radius 2 is 1.04 bits per heavy atom. The zero-order valence-electron chi connectivity index (χ0n) is 43.5. The summed E-state index contributed by atoms with van der Waals surface area (Å²) in [6, 6.07) is 40.1. The van der Waals surface area contributed by atoms with Crippen molar-refractivity contribution >= 4 is 52.9 Å². The molecular weight excluding hydrogens is 1000 g/mol. The summed E-state index contributed by atoms with van der Waals surface area (Å²) < 4.78 is 15.5. The Morgan fingerprint density at radius 1 is 0.605 bits per heavy atom. The molecule has 0 aliphatic rings. The minimum absolute atomic E-state index is 0. The van der Waals surface area contributed by atoms with Crippen LogP contribution in [0.2, 0.25) is 0 Å². The minimum Gasteiger partial charge on any atom is -0.507 e. The number of phenolic OH excluding ortho intramolecular Hbond substituents is 2. The first-order valence-corrected chi connectivity index (χ1v) is 22.8.